The van der Waals surface area contributed by atoms with Crippen LogP contribution in [0, 0.1) is 19.8 Å². The minimum absolute atomic E-state index is 0.00154. The van der Waals surface area contributed by atoms with Gasteiger partial charge in [0.25, 0.3) is 5.56 Å². The van der Waals surface area contributed by atoms with Crippen molar-refractivity contribution < 1.29 is 0 Å². The molecule has 1 atom stereocenters. The van der Waals surface area contributed by atoms with Gasteiger partial charge < -0.3 is 4.98 Å². The molecule has 5 rings (SSSR count). The minimum Gasteiger partial charge on any atom is -0.322 e. The zero-order valence-corrected chi connectivity index (χ0v) is 21.7. The van der Waals surface area contributed by atoms with E-state index in [9.17, 15) is 4.79 Å². The Hall–Kier alpha value is -3.32. The Kier molecular flexibility index (Phi) is 7.01. The maximum Gasteiger partial charge on any atom is 0.252 e. The molecule has 1 fully saturated rings. The Labute approximate surface area is 212 Å². The summed E-state index contributed by atoms with van der Waals surface area (Å²) in [6.45, 7) is 9.85. The highest BCUT2D eigenvalue weighted by atomic mass is 16.1. The molecule has 188 valence electrons. The molecule has 1 N–H and O–H groups in total. The number of benzene rings is 2. The van der Waals surface area contributed by atoms with E-state index in [0.717, 1.165) is 40.7 Å². The average molecular weight is 485 g/mol. The first-order valence-electron chi connectivity index (χ1n) is 13.1. The van der Waals surface area contributed by atoms with Gasteiger partial charge in [0.2, 0.25) is 0 Å². The highest BCUT2D eigenvalue weighted by Crippen LogP contribution is 2.36. The Bertz CT molecular complexity index is 1380. The van der Waals surface area contributed by atoms with Gasteiger partial charge in [-0.15, -0.1) is 5.10 Å². The molecule has 7 nitrogen and oxygen atoms in total. The second-order valence-electron chi connectivity index (χ2n) is 10.6. The predicted molar refractivity (Wildman–Crippen MR) is 143 cm³/mol. The molecule has 2 aromatic carbocycles. The van der Waals surface area contributed by atoms with E-state index in [0.29, 0.717) is 19.1 Å². The van der Waals surface area contributed by atoms with Crippen molar-refractivity contribution in [3.63, 3.8) is 0 Å². The van der Waals surface area contributed by atoms with Gasteiger partial charge in [-0.25, -0.2) is 4.68 Å². The van der Waals surface area contributed by atoms with Crippen LogP contribution in [-0.4, -0.2) is 36.1 Å². The summed E-state index contributed by atoms with van der Waals surface area (Å²) in [6.07, 6.45) is 4.70. The van der Waals surface area contributed by atoms with Crippen LogP contribution in [0.3, 0.4) is 0 Å². The van der Waals surface area contributed by atoms with Crippen molar-refractivity contribution in [3.8, 4) is 0 Å². The first kappa shape index (κ1) is 24.4. The number of nitrogens with zero attached hydrogens (tertiary/aromatic N) is 5. The molecule has 1 unspecified atom stereocenters. The van der Waals surface area contributed by atoms with Gasteiger partial charge in [-0.1, -0.05) is 57.0 Å². The van der Waals surface area contributed by atoms with Gasteiger partial charge in [0.1, 0.15) is 0 Å². The molecule has 2 heterocycles. The monoisotopic (exact) mass is 484 g/mol. The van der Waals surface area contributed by atoms with Crippen molar-refractivity contribution in [2.45, 2.75) is 78.6 Å². The number of rotatable bonds is 8. The molecule has 0 aliphatic heterocycles. The van der Waals surface area contributed by atoms with E-state index >= 15 is 0 Å². The number of fused-ring (bicyclic) bond motifs is 1. The summed E-state index contributed by atoms with van der Waals surface area (Å²) in [5, 5.41) is 14.1. The number of aromatic nitrogens is 5. The molecule has 0 amide bonds. The third-order valence-electron chi connectivity index (χ3n) is 7.67. The first-order valence-corrected chi connectivity index (χ1v) is 13.1. The van der Waals surface area contributed by atoms with E-state index < -0.39 is 0 Å². The lowest BCUT2D eigenvalue weighted by Crippen LogP contribution is -2.41. The van der Waals surface area contributed by atoms with Crippen LogP contribution in [0.15, 0.2) is 53.3 Å². The molecular formula is C29H36N6O. The Morgan fingerprint density at radius 3 is 2.50 bits per heavy atom. The molecule has 1 aliphatic carbocycles. The third-order valence-corrected chi connectivity index (χ3v) is 7.67. The Morgan fingerprint density at radius 2 is 1.78 bits per heavy atom. The van der Waals surface area contributed by atoms with E-state index in [1.54, 1.807) is 0 Å². The molecule has 1 saturated carbocycles. The van der Waals surface area contributed by atoms with Crippen molar-refractivity contribution in [2.75, 3.05) is 0 Å². The van der Waals surface area contributed by atoms with Crippen molar-refractivity contribution in [3.05, 3.63) is 87.0 Å². The maximum atomic E-state index is 13.2. The summed E-state index contributed by atoms with van der Waals surface area (Å²) in [6, 6.07) is 17.0. The smallest absolute Gasteiger partial charge is 0.252 e. The fraction of sp³-hybridized carbons (Fsp3) is 0.448. The summed E-state index contributed by atoms with van der Waals surface area (Å²) in [5.41, 5.74) is 5.26. The number of aromatic amines is 1. The van der Waals surface area contributed by atoms with Crippen LogP contribution in [0.25, 0.3) is 10.9 Å². The standard InChI is InChI=1S/C29H36N6O/c1-19(2)27(28-31-32-33-35(28)17-22-10-6-5-7-11-22)34(25-12-8-9-13-25)18-24-16-23-14-20(3)21(4)15-26(23)30-29(24)36/h5-7,10-11,14-16,19,25,27H,8-9,12-13,17-18H2,1-4H3,(H,30,36). The highest BCUT2D eigenvalue weighted by molar-refractivity contribution is 5.80. The first-order chi connectivity index (χ1) is 17.4. The van der Waals surface area contributed by atoms with Gasteiger partial charge in [-0.3, -0.25) is 9.69 Å². The molecule has 7 heteroatoms. The van der Waals surface area contributed by atoms with E-state index in [-0.39, 0.29) is 17.5 Å². The number of H-pyrrole nitrogens is 1. The van der Waals surface area contributed by atoms with Crippen LogP contribution in [0.5, 0.6) is 0 Å². The van der Waals surface area contributed by atoms with Crippen LogP contribution >= 0.6 is 0 Å². The molecule has 0 saturated heterocycles. The van der Waals surface area contributed by atoms with Crippen LogP contribution in [-0.2, 0) is 13.1 Å². The largest absolute Gasteiger partial charge is 0.322 e. The van der Waals surface area contributed by atoms with Gasteiger partial charge in [0.05, 0.1) is 12.6 Å². The van der Waals surface area contributed by atoms with Crippen molar-refractivity contribution in [2.24, 2.45) is 5.92 Å². The number of hydrogen-bond acceptors (Lipinski definition) is 5. The van der Waals surface area contributed by atoms with Gasteiger partial charge in [-0.2, -0.15) is 0 Å². The molecular weight excluding hydrogens is 448 g/mol. The molecule has 4 aromatic rings. The fourth-order valence-corrected chi connectivity index (χ4v) is 5.65. The van der Waals surface area contributed by atoms with Gasteiger partial charge in [0.15, 0.2) is 5.82 Å². The topological polar surface area (TPSA) is 79.7 Å². The Morgan fingerprint density at radius 1 is 1.06 bits per heavy atom. The molecule has 36 heavy (non-hydrogen) atoms. The molecule has 2 aromatic heterocycles. The normalized spacial score (nSPS) is 15.4. The summed E-state index contributed by atoms with van der Waals surface area (Å²) in [7, 11) is 0. The SMILES string of the molecule is Cc1cc2cc(CN(C3CCCC3)C(c3nnnn3Cc3ccccc3)C(C)C)c(=O)[nH]c2cc1C. The van der Waals surface area contributed by atoms with Gasteiger partial charge in [-0.05, 0) is 83.3 Å². The predicted octanol–water partition coefficient (Wildman–Crippen LogP) is 5.32. The van der Waals surface area contributed by atoms with Crippen molar-refractivity contribution in [1.29, 1.82) is 0 Å². The highest BCUT2D eigenvalue weighted by Gasteiger charge is 2.35. The molecule has 0 bridgehead atoms. The second kappa shape index (κ2) is 10.3. The number of hydrogen-bond donors (Lipinski definition) is 1. The van der Waals surface area contributed by atoms with Crippen molar-refractivity contribution >= 4 is 10.9 Å². The number of nitrogens with one attached hydrogen (secondary N) is 1. The van der Waals surface area contributed by atoms with Crippen LogP contribution in [0.2, 0.25) is 0 Å². The molecule has 1 aliphatic rings. The van der Waals surface area contributed by atoms with Crippen LogP contribution < -0.4 is 5.56 Å². The minimum atomic E-state index is -0.0138. The van der Waals surface area contributed by atoms with E-state index in [4.69, 9.17) is 0 Å². The van der Waals surface area contributed by atoms with E-state index in [1.165, 1.54) is 24.0 Å². The lowest BCUT2D eigenvalue weighted by atomic mass is 9.97. The van der Waals surface area contributed by atoms with Gasteiger partial charge >= 0.3 is 0 Å². The lowest BCUT2D eigenvalue weighted by Gasteiger charge is -2.38. The van der Waals surface area contributed by atoms with Crippen molar-refractivity contribution in [1.82, 2.24) is 30.1 Å². The van der Waals surface area contributed by atoms with Crippen LogP contribution in [0.1, 0.15) is 73.7 Å². The van der Waals surface area contributed by atoms with Gasteiger partial charge in [0, 0.05) is 23.7 Å². The summed E-state index contributed by atoms with van der Waals surface area (Å²) >= 11 is 0. The zero-order valence-electron chi connectivity index (χ0n) is 21.7. The molecule has 0 spiro atoms. The quantitative estimate of drug-likeness (QED) is 0.366. The summed E-state index contributed by atoms with van der Waals surface area (Å²) in [4.78, 5) is 18.9. The van der Waals surface area contributed by atoms with Crippen LogP contribution in [0.4, 0.5) is 0 Å². The fourth-order valence-electron chi connectivity index (χ4n) is 5.65. The number of tetrazole rings is 1. The number of aryl methyl sites for hydroxylation is 2. The summed E-state index contributed by atoms with van der Waals surface area (Å²) in [5.74, 6) is 1.14. The number of pyridine rings is 1. The zero-order chi connectivity index (χ0) is 25.2. The average Bonchev–Trinajstić information content (AvgIpc) is 3.54. The Balaban J connectivity index is 1.54. The molecule has 0 radical (unpaired) electrons. The summed E-state index contributed by atoms with van der Waals surface area (Å²) < 4.78 is 1.93. The maximum absolute atomic E-state index is 13.2. The third kappa shape index (κ3) is 4.98. The van der Waals surface area contributed by atoms with E-state index in [1.807, 2.05) is 22.9 Å². The second-order valence-corrected chi connectivity index (χ2v) is 10.6. The lowest BCUT2D eigenvalue weighted by molar-refractivity contribution is 0.0844. The van der Waals surface area contributed by atoms with E-state index in [2.05, 4.69) is 83.4 Å².